The van der Waals surface area contributed by atoms with E-state index in [1.54, 1.807) is 0 Å². The normalized spacial score (nSPS) is 11.7. The zero-order valence-corrected chi connectivity index (χ0v) is 8.95. The molecule has 0 saturated carbocycles. The van der Waals surface area contributed by atoms with E-state index in [0.29, 0.717) is 23.0 Å². The van der Waals surface area contributed by atoms with Gasteiger partial charge in [-0.1, -0.05) is 30.3 Å². The van der Waals surface area contributed by atoms with Gasteiger partial charge in [0.15, 0.2) is 0 Å². The number of aromatic nitrogens is 3. The molecule has 6 heteroatoms. The molecular formula is C8H12N4OS. The van der Waals surface area contributed by atoms with E-state index in [-0.39, 0.29) is 0 Å². The van der Waals surface area contributed by atoms with Crippen LogP contribution in [0.15, 0.2) is 16.5 Å². The van der Waals surface area contributed by atoms with Crippen LogP contribution in [0, 0.1) is 0 Å². The van der Waals surface area contributed by atoms with Crippen molar-refractivity contribution in [1.29, 1.82) is 0 Å². The predicted octanol–water partition coefficient (Wildman–Crippen LogP) is 1.57. The van der Waals surface area contributed by atoms with E-state index in [4.69, 9.17) is 5.21 Å². The molecule has 0 aromatic carbocycles. The SMILES string of the molecule is CCC/C(=N\O)c1cnnc(SC)n1. The summed E-state index contributed by atoms with van der Waals surface area (Å²) in [5.74, 6) is 0. The molecule has 5 nitrogen and oxygen atoms in total. The fourth-order valence-electron chi connectivity index (χ4n) is 0.979. The molecule has 14 heavy (non-hydrogen) atoms. The van der Waals surface area contributed by atoms with Gasteiger partial charge in [0, 0.05) is 0 Å². The van der Waals surface area contributed by atoms with Crippen molar-refractivity contribution < 1.29 is 5.21 Å². The van der Waals surface area contributed by atoms with Crippen molar-refractivity contribution in [3.8, 4) is 0 Å². The Morgan fingerprint density at radius 1 is 1.64 bits per heavy atom. The average molecular weight is 212 g/mol. The third-order valence-corrected chi connectivity index (χ3v) is 2.16. The van der Waals surface area contributed by atoms with Crippen LogP contribution in [0.3, 0.4) is 0 Å². The highest BCUT2D eigenvalue weighted by atomic mass is 32.2. The van der Waals surface area contributed by atoms with Crippen molar-refractivity contribution in [1.82, 2.24) is 15.2 Å². The highest BCUT2D eigenvalue weighted by Gasteiger charge is 2.07. The van der Waals surface area contributed by atoms with Gasteiger partial charge in [0.2, 0.25) is 5.16 Å². The van der Waals surface area contributed by atoms with E-state index in [2.05, 4.69) is 20.3 Å². The highest BCUT2D eigenvalue weighted by molar-refractivity contribution is 7.98. The molecule has 0 spiro atoms. The summed E-state index contributed by atoms with van der Waals surface area (Å²) in [6.45, 7) is 2.01. The van der Waals surface area contributed by atoms with E-state index in [1.807, 2.05) is 13.2 Å². The number of rotatable bonds is 4. The van der Waals surface area contributed by atoms with Gasteiger partial charge in [0.1, 0.15) is 11.4 Å². The molecule has 0 radical (unpaired) electrons. The van der Waals surface area contributed by atoms with Crippen LogP contribution in [0.4, 0.5) is 0 Å². The average Bonchev–Trinajstić information content (AvgIpc) is 2.26. The van der Waals surface area contributed by atoms with Crippen LogP contribution in [0.5, 0.6) is 0 Å². The number of thioether (sulfide) groups is 1. The second-order valence-corrected chi connectivity index (χ2v) is 3.40. The first-order chi connectivity index (χ1) is 6.81. The Kier molecular flexibility index (Phi) is 4.31. The maximum atomic E-state index is 8.77. The first kappa shape index (κ1) is 10.9. The number of nitrogens with zero attached hydrogens (tertiary/aromatic N) is 4. The molecule has 0 aliphatic carbocycles. The monoisotopic (exact) mass is 212 g/mol. The maximum absolute atomic E-state index is 8.77. The first-order valence-corrected chi connectivity index (χ1v) is 5.49. The van der Waals surface area contributed by atoms with Crippen LogP contribution in [-0.4, -0.2) is 32.4 Å². The van der Waals surface area contributed by atoms with Crippen LogP contribution in [0.2, 0.25) is 0 Å². The minimum atomic E-state index is 0.553. The van der Waals surface area contributed by atoms with Gasteiger partial charge in [0.05, 0.1) is 6.20 Å². The third-order valence-electron chi connectivity index (χ3n) is 1.63. The van der Waals surface area contributed by atoms with Gasteiger partial charge in [-0.3, -0.25) is 0 Å². The number of oxime groups is 1. The summed E-state index contributed by atoms with van der Waals surface area (Å²) in [4.78, 5) is 4.18. The second kappa shape index (κ2) is 5.54. The highest BCUT2D eigenvalue weighted by Crippen LogP contribution is 2.08. The third kappa shape index (κ3) is 2.66. The molecule has 0 unspecified atom stereocenters. The van der Waals surface area contributed by atoms with Crippen LogP contribution < -0.4 is 0 Å². The van der Waals surface area contributed by atoms with Gasteiger partial charge in [-0.2, -0.15) is 5.10 Å². The lowest BCUT2D eigenvalue weighted by atomic mass is 10.2. The Hall–Kier alpha value is -1.17. The molecule has 0 amide bonds. The summed E-state index contributed by atoms with van der Waals surface area (Å²) in [6.07, 6.45) is 4.96. The van der Waals surface area contributed by atoms with E-state index in [0.717, 1.165) is 6.42 Å². The molecule has 0 bridgehead atoms. The Morgan fingerprint density at radius 3 is 3.00 bits per heavy atom. The van der Waals surface area contributed by atoms with Gasteiger partial charge >= 0.3 is 0 Å². The standard InChI is InChI=1S/C8H12N4OS/c1-3-4-6(12-13)7-5-9-11-8(10-7)14-2/h5,13H,3-4H2,1-2H3/b12-6+. The molecule has 76 valence electrons. The molecule has 1 aromatic heterocycles. The van der Waals surface area contributed by atoms with E-state index in [1.165, 1.54) is 18.0 Å². The molecule has 0 fully saturated rings. The summed E-state index contributed by atoms with van der Waals surface area (Å²) in [7, 11) is 0. The number of hydrogen-bond acceptors (Lipinski definition) is 6. The summed E-state index contributed by atoms with van der Waals surface area (Å²) in [5, 5.41) is 20.1. The molecule has 0 aliphatic heterocycles. The Bertz CT molecular complexity index is 329. The smallest absolute Gasteiger partial charge is 0.209 e. The first-order valence-electron chi connectivity index (χ1n) is 4.26. The van der Waals surface area contributed by atoms with Crippen LogP contribution in [0.1, 0.15) is 25.5 Å². The van der Waals surface area contributed by atoms with E-state index < -0.39 is 0 Å². The van der Waals surface area contributed by atoms with Gasteiger partial charge in [0.25, 0.3) is 0 Å². The van der Waals surface area contributed by atoms with Crippen molar-refractivity contribution in [2.75, 3.05) is 6.26 Å². The Labute approximate surface area is 86.7 Å². The van der Waals surface area contributed by atoms with Crippen molar-refractivity contribution in [2.45, 2.75) is 24.9 Å². The minimum absolute atomic E-state index is 0.553. The minimum Gasteiger partial charge on any atom is -0.411 e. The summed E-state index contributed by atoms with van der Waals surface area (Å²) >= 11 is 1.41. The zero-order chi connectivity index (χ0) is 10.4. The topological polar surface area (TPSA) is 71.3 Å². The quantitative estimate of drug-likeness (QED) is 0.355. The molecule has 1 aromatic rings. The van der Waals surface area contributed by atoms with E-state index >= 15 is 0 Å². The zero-order valence-electron chi connectivity index (χ0n) is 8.14. The Morgan fingerprint density at radius 2 is 2.43 bits per heavy atom. The molecule has 0 aliphatic rings. The van der Waals surface area contributed by atoms with Crippen LogP contribution in [0.25, 0.3) is 0 Å². The lowest BCUT2D eigenvalue weighted by Crippen LogP contribution is -2.06. The molecule has 1 rings (SSSR count). The van der Waals surface area contributed by atoms with Gasteiger partial charge in [-0.05, 0) is 12.7 Å². The van der Waals surface area contributed by atoms with Gasteiger partial charge in [-0.25, -0.2) is 4.98 Å². The second-order valence-electron chi connectivity index (χ2n) is 2.63. The molecule has 1 heterocycles. The van der Waals surface area contributed by atoms with Crippen LogP contribution >= 0.6 is 11.8 Å². The maximum Gasteiger partial charge on any atom is 0.209 e. The van der Waals surface area contributed by atoms with Crippen molar-refractivity contribution in [2.24, 2.45) is 5.16 Å². The van der Waals surface area contributed by atoms with Crippen molar-refractivity contribution in [3.05, 3.63) is 11.9 Å². The molecule has 0 atom stereocenters. The Balaban J connectivity index is 2.93. The fraction of sp³-hybridized carbons (Fsp3) is 0.500. The van der Waals surface area contributed by atoms with Gasteiger partial charge < -0.3 is 5.21 Å². The van der Waals surface area contributed by atoms with Crippen molar-refractivity contribution in [3.63, 3.8) is 0 Å². The molecular weight excluding hydrogens is 200 g/mol. The molecule has 0 saturated heterocycles. The van der Waals surface area contributed by atoms with E-state index in [9.17, 15) is 0 Å². The lowest BCUT2D eigenvalue weighted by molar-refractivity contribution is 0.317. The fourth-order valence-corrected chi connectivity index (χ4v) is 1.30. The summed E-state index contributed by atoms with van der Waals surface area (Å²) in [5.41, 5.74) is 1.14. The van der Waals surface area contributed by atoms with Crippen molar-refractivity contribution >= 4 is 17.5 Å². The van der Waals surface area contributed by atoms with Gasteiger partial charge in [-0.15, -0.1) is 5.10 Å². The lowest BCUT2D eigenvalue weighted by Gasteiger charge is -2.01. The molecule has 1 N–H and O–H groups in total. The predicted molar refractivity (Wildman–Crippen MR) is 54.8 cm³/mol. The van der Waals surface area contributed by atoms with Crippen LogP contribution in [-0.2, 0) is 0 Å². The summed E-state index contributed by atoms with van der Waals surface area (Å²) < 4.78 is 0. The summed E-state index contributed by atoms with van der Waals surface area (Å²) in [6, 6.07) is 0. The largest absolute Gasteiger partial charge is 0.411 e. The number of hydrogen-bond donors (Lipinski definition) is 1.